The summed E-state index contributed by atoms with van der Waals surface area (Å²) in [5, 5.41) is 11.4. The molecular formula is C25H30ClFN5O3Si. The predicted molar refractivity (Wildman–Crippen MR) is 137 cm³/mol. The topological polar surface area (TPSA) is 115 Å². The zero-order valence-corrected chi connectivity index (χ0v) is 22.5. The lowest BCUT2D eigenvalue weighted by molar-refractivity contribution is 0.0858. The maximum atomic E-state index is 15.5. The number of hydrogen-bond acceptors (Lipinski definition) is 6. The fourth-order valence-electron chi connectivity index (χ4n) is 4.73. The van der Waals surface area contributed by atoms with Crippen molar-refractivity contribution in [3.8, 4) is 5.75 Å². The first-order chi connectivity index (χ1) is 16.9. The monoisotopic (exact) mass is 530 g/mol. The number of halogens is 2. The Balaban J connectivity index is 1.87. The molecule has 1 aliphatic carbocycles. The van der Waals surface area contributed by atoms with Crippen molar-refractivity contribution < 1.29 is 19.0 Å². The summed E-state index contributed by atoms with van der Waals surface area (Å²) < 4.78 is 23.4. The van der Waals surface area contributed by atoms with Gasteiger partial charge in [-0.25, -0.2) is 14.4 Å². The van der Waals surface area contributed by atoms with Crippen LogP contribution in [-0.4, -0.2) is 53.9 Å². The molecule has 1 saturated carbocycles. The van der Waals surface area contributed by atoms with Crippen LogP contribution in [0.4, 0.5) is 10.2 Å². The Hall–Kier alpha value is -2.69. The standard InChI is InChI=1S/C25H30ClFN5O3Si/c1-12(2)35-21-16(25(4,36)24-30-13(3)20-22(28)29-9-10-32(20)24)11-17(26)19(27)18(21)23(34)31-14-5-7-15(33)8-6-14/h9-12,14-15,33H,5-8H2,1-4H3,(H2,28,29)(H,31,34)/t14?,15?,25-/m0/s1. The number of aliphatic hydroxyl groups excluding tert-OH is 1. The van der Waals surface area contributed by atoms with Gasteiger partial charge in [-0.05, 0) is 52.5 Å². The van der Waals surface area contributed by atoms with Crippen molar-refractivity contribution in [1.82, 2.24) is 19.7 Å². The Morgan fingerprint density at radius 3 is 2.69 bits per heavy atom. The van der Waals surface area contributed by atoms with Crippen LogP contribution in [0.5, 0.6) is 5.75 Å². The maximum Gasteiger partial charge on any atom is 0.258 e. The lowest BCUT2D eigenvalue weighted by Crippen LogP contribution is -2.39. The molecule has 1 fully saturated rings. The van der Waals surface area contributed by atoms with Gasteiger partial charge < -0.3 is 20.9 Å². The van der Waals surface area contributed by atoms with Gasteiger partial charge in [0.15, 0.2) is 5.82 Å². The number of anilines is 1. The number of hydrogen-bond donors (Lipinski definition) is 3. The molecule has 11 heteroatoms. The molecule has 1 aromatic carbocycles. The highest BCUT2D eigenvalue weighted by molar-refractivity contribution is 6.31. The summed E-state index contributed by atoms with van der Waals surface area (Å²) in [4.78, 5) is 22.3. The molecular weight excluding hydrogens is 501 g/mol. The first-order valence-corrected chi connectivity index (χ1v) is 12.8. The number of imidazole rings is 1. The molecule has 0 bridgehead atoms. The number of rotatable bonds is 6. The van der Waals surface area contributed by atoms with Crippen molar-refractivity contribution in [1.29, 1.82) is 0 Å². The normalized spacial score (nSPS) is 19.9. The molecule has 36 heavy (non-hydrogen) atoms. The number of aromatic nitrogens is 3. The third kappa shape index (κ3) is 4.81. The van der Waals surface area contributed by atoms with E-state index in [4.69, 9.17) is 27.1 Å². The highest BCUT2D eigenvalue weighted by Gasteiger charge is 2.37. The van der Waals surface area contributed by atoms with E-state index in [1.165, 1.54) is 6.07 Å². The zero-order chi connectivity index (χ0) is 26.4. The molecule has 3 aromatic rings. The summed E-state index contributed by atoms with van der Waals surface area (Å²) in [7, 11) is 3.85. The van der Waals surface area contributed by atoms with Crippen LogP contribution < -0.4 is 15.8 Å². The molecule has 3 radical (unpaired) electrons. The third-order valence-electron chi connectivity index (χ3n) is 6.53. The second-order valence-corrected chi connectivity index (χ2v) is 11.2. The Labute approximate surface area is 217 Å². The summed E-state index contributed by atoms with van der Waals surface area (Å²) >= 11 is 6.35. The van der Waals surface area contributed by atoms with Gasteiger partial charge in [0.1, 0.15) is 28.5 Å². The minimum absolute atomic E-state index is 0.0779. The fraction of sp³-hybridized carbons (Fsp3) is 0.480. The molecule has 2 heterocycles. The number of carbonyl (C=O) groups excluding carboxylic acids is 1. The van der Waals surface area contributed by atoms with E-state index >= 15 is 4.39 Å². The highest BCUT2D eigenvalue weighted by Crippen LogP contribution is 2.42. The Morgan fingerprint density at radius 1 is 1.39 bits per heavy atom. The molecule has 1 aliphatic rings. The van der Waals surface area contributed by atoms with Crippen molar-refractivity contribution in [2.24, 2.45) is 0 Å². The number of nitrogen functional groups attached to an aromatic ring is 1. The number of aryl methyl sites for hydroxylation is 1. The first kappa shape index (κ1) is 26.4. The van der Waals surface area contributed by atoms with E-state index in [2.05, 4.69) is 20.5 Å². The summed E-state index contributed by atoms with van der Waals surface area (Å²) in [6, 6.07) is 1.27. The van der Waals surface area contributed by atoms with Crippen LogP contribution in [0, 0.1) is 12.7 Å². The summed E-state index contributed by atoms with van der Waals surface area (Å²) in [6.07, 6.45) is 4.93. The van der Waals surface area contributed by atoms with Gasteiger partial charge in [-0.3, -0.25) is 9.20 Å². The smallest absolute Gasteiger partial charge is 0.258 e. The van der Waals surface area contributed by atoms with Crippen LogP contribution in [0.2, 0.25) is 5.02 Å². The van der Waals surface area contributed by atoms with Crippen LogP contribution >= 0.6 is 11.6 Å². The van der Waals surface area contributed by atoms with Gasteiger partial charge in [-0.1, -0.05) is 18.5 Å². The molecule has 4 N–H and O–H groups in total. The minimum Gasteiger partial charge on any atom is -0.490 e. The number of carbonyl (C=O) groups is 1. The van der Waals surface area contributed by atoms with E-state index in [-0.39, 0.29) is 34.6 Å². The lowest BCUT2D eigenvalue weighted by atomic mass is 9.92. The van der Waals surface area contributed by atoms with Gasteiger partial charge >= 0.3 is 0 Å². The molecule has 1 amide bonds. The van der Waals surface area contributed by atoms with Gasteiger partial charge in [-0.15, -0.1) is 0 Å². The average molecular weight is 531 g/mol. The summed E-state index contributed by atoms with van der Waals surface area (Å²) in [6.45, 7) is 7.25. The third-order valence-corrected chi connectivity index (χ3v) is 7.30. The van der Waals surface area contributed by atoms with Crippen molar-refractivity contribution in [2.75, 3.05) is 5.73 Å². The maximum absolute atomic E-state index is 15.5. The molecule has 2 aromatic heterocycles. The summed E-state index contributed by atoms with van der Waals surface area (Å²) in [5.41, 5.74) is 7.59. The van der Waals surface area contributed by atoms with E-state index in [0.29, 0.717) is 54.1 Å². The van der Waals surface area contributed by atoms with Gasteiger partial charge in [0.25, 0.3) is 5.91 Å². The number of nitrogens with one attached hydrogen (secondary N) is 1. The molecule has 0 aliphatic heterocycles. The fourth-order valence-corrected chi connectivity index (χ4v) is 5.30. The van der Waals surface area contributed by atoms with E-state index in [9.17, 15) is 9.90 Å². The molecule has 4 rings (SSSR count). The molecule has 0 spiro atoms. The van der Waals surface area contributed by atoms with E-state index in [0.717, 1.165) is 0 Å². The van der Waals surface area contributed by atoms with Crippen LogP contribution in [0.25, 0.3) is 5.52 Å². The Morgan fingerprint density at radius 2 is 2.06 bits per heavy atom. The molecule has 191 valence electrons. The zero-order valence-electron chi connectivity index (χ0n) is 20.7. The van der Waals surface area contributed by atoms with Crippen LogP contribution in [0.3, 0.4) is 0 Å². The second kappa shape index (κ2) is 9.99. The lowest BCUT2D eigenvalue weighted by Gasteiger charge is -2.30. The predicted octanol–water partition coefficient (Wildman–Crippen LogP) is 3.66. The first-order valence-electron chi connectivity index (χ1n) is 11.9. The summed E-state index contributed by atoms with van der Waals surface area (Å²) in [5.74, 6) is -0.540. The van der Waals surface area contributed by atoms with Gasteiger partial charge in [0.05, 0.1) is 22.9 Å². The Bertz CT molecular complexity index is 1300. The van der Waals surface area contributed by atoms with E-state index < -0.39 is 16.8 Å². The van der Waals surface area contributed by atoms with Gasteiger partial charge in [-0.2, -0.15) is 0 Å². The molecule has 0 unspecified atom stereocenters. The molecule has 0 saturated heterocycles. The highest BCUT2D eigenvalue weighted by atomic mass is 35.5. The van der Waals surface area contributed by atoms with E-state index in [1.807, 2.05) is 13.8 Å². The number of benzene rings is 1. The SMILES string of the molecule is Cc1nc([C@@](C)([Si])c2cc(Cl)c(F)c(C(=O)NC3CCC(O)CC3)c2OC(C)C)n2ccnc(N)c12. The van der Waals surface area contributed by atoms with Crippen LogP contribution in [0.1, 0.15) is 73.9 Å². The average Bonchev–Trinajstić information content (AvgIpc) is 3.16. The van der Waals surface area contributed by atoms with Crippen LogP contribution in [-0.2, 0) is 5.04 Å². The largest absolute Gasteiger partial charge is 0.490 e. The number of nitrogens with two attached hydrogens (primary N) is 1. The van der Waals surface area contributed by atoms with Crippen molar-refractivity contribution >= 4 is 39.1 Å². The molecule has 8 nitrogen and oxygen atoms in total. The van der Waals surface area contributed by atoms with Crippen LogP contribution in [0.15, 0.2) is 18.5 Å². The van der Waals surface area contributed by atoms with Crippen molar-refractivity contribution in [3.05, 3.63) is 51.9 Å². The van der Waals surface area contributed by atoms with Gasteiger partial charge in [0.2, 0.25) is 0 Å². The quantitative estimate of drug-likeness (QED) is 0.419. The number of ether oxygens (including phenoxy) is 1. The Kier molecular flexibility index (Phi) is 7.32. The van der Waals surface area contributed by atoms with Crippen molar-refractivity contribution in [2.45, 2.75) is 76.7 Å². The molecule has 1 atom stereocenters. The van der Waals surface area contributed by atoms with E-state index in [1.54, 1.807) is 30.6 Å². The number of aliphatic hydroxyl groups is 1. The number of amides is 1. The number of nitrogens with zero attached hydrogens (tertiary/aromatic N) is 3. The second-order valence-electron chi connectivity index (χ2n) is 9.75. The minimum atomic E-state index is -1.06. The van der Waals surface area contributed by atoms with Crippen molar-refractivity contribution in [3.63, 3.8) is 0 Å². The van der Waals surface area contributed by atoms with Gasteiger partial charge in [0, 0.05) is 39.3 Å². The number of fused-ring (bicyclic) bond motifs is 1.